The second-order valence-electron chi connectivity index (χ2n) is 6.31. The molecule has 0 radical (unpaired) electrons. The summed E-state index contributed by atoms with van der Waals surface area (Å²) in [6.07, 6.45) is 8.02. The van der Waals surface area contributed by atoms with E-state index >= 15 is 0 Å². The highest BCUT2D eigenvalue weighted by atomic mass is 16.5. The second kappa shape index (κ2) is 8.37. The number of rotatable bonds is 6. The van der Waals surface area contributed by atoms with Gasteiger partial charge in [-0.05, 0) is 50.9 Å². The van der Waals surface area contributed by atoms with Gasteiger partial charge in [0.15, 0.2) is 0 Å². The number of hydrogen-bond donors (Lipinski definition) is 1. The van der Waals surface area contributed by atoms with Gasteiger partial charge in [0.05, 0.1) is 6.10 Å². The van der Waals surface area contributed by atoms with E-state index in [0.29, 0.717) is 18.8 Å². The van der Waals surface area contributed by atoms with Crippen LogP contribution < -0.4 is 0 Å². The fourth-order valence-electron chi connectivity index (χ4n) is 3.33. The van der Waals surface area contributed by atoms with E-state index in [1.54, 1.807) is 0 Å². The SMILES string of the molecule is O=C(O)CC[C@@H]1CCCN(C(=O)CC[C@@H]2CCCCO2)C1. The molecule has 1 amide bonds. The number of likely N-dealkylation sites (tertiary alicyclic amines) is 1. The van der Waals surface area contributed by atoms with E-state index in [0.717, 1.165) is 51.8 Å². The number of piperidine rings is 1. The van der Waals surface area contributed by atoms with Crippen molar-refractivity contribution in [1.82, 2.24) is 4.90 Å². The lowest BCUT2D eigenvalue weighted by molar-refractivity contribution is -0.137. The fourth-order valence-corrected chi connectivity index (χ4v) is 3.33. The minimum Gasteiger partial charge on any atom is -0.481 e. The summed E-state index contributed by atoms with van der Waals surface area (Å²) in [5.74, 6) is -0.179. The van der Waals surface area contributed by atoms with E-state index in [2.05, 4.69) is 0 Å². The molecule has 0 aromatic rings. The van der Waals surface area contributed by atoms with Gasteiger partial charge in [0.1, 0.15) is 0 Å². The lowest BCUT2D eigenvalue weighted by Gasteiger charge is -2.33. The predicted octanol–water partition coefficient (Wildman–Crippen LogP) is 2.44. The van der Waals surface area contributed by atoms with Crippen molar-refractivity contribution in [1.29, 1.82) is 0 Å². The Morgan fingerprint density at radius 3 is 2.67 bits per heavy atom. The predicted molar refractivity (Wildman–Crippen MR) is 79.0 cm³/mol. The number of nitrogens with zero attached hydrogens (tertiary/aromatic N) is 1. The van der Waals surface area contributed by atoms with Gasteiger partial charge in [-0.1, -0.05) is 0 Å². The van der Waals surface area contributed by atoms with Crippen LogP contribution in [0.15, 0.2) is 0 Å². The Morgan fingerprint density at radius 2 is 1.95 bits per heavy atom. The van der Waals surface area contributed by atoms with Crippen LogP contribution in [0.25, 0.3) is 0 Å². The summed E-state index contributed by atoms with van der Waals surface area (Å²) in [5.41, 5.74) is 0. The van der Waals surface area contributed by atoms with Crippen molar-refractivity contribution in [3.63, 3.8) is 0 Å². The summed E-state index contributed by atoms with van der Waals surface area (Å²) < 4.78 is 5.67. The van der Waals surface area contributed by atoms with Crippen molar-refractivity contribution >= 4 is 11.9 Å². The van der Waals surface area contributed by atoms with Gasteiger partial charge in [-0.25, -0.2) is 0 Å². The maximum absolute atomic E-state index is 12.3. The molecular formula is C16H27NO4. The van der Waals surface area contributed by atoms with Crippen molar-refractivity contribution < 1.29 is 19.4 Å². The van der Waals surface area contributed by atoms with Crippen LogP contribution in [-0.4, -0.2) is 47.7 Å². The molecule has 2 aliphatic heterocycles. The third-order valence-corrected chi connectivity index (χ3v) is 4.59. The topological polar surface area (TPSA) is 66.8 Å². The van der Waals surface area contributed by atoms with Crippen molar-refractivity contribution in [2.24, 2.45) is 5.92 Å². The standard InChI is InChI=1S/C16H27NO4/c18-15(8-7-14-5-1-2-11-21-14)17-10-3-4-13(12-17)6-9-16(19)20/h13-14H,1-12H2,(H,19,20)/t13-,14-/m0/s1. The van der Waals surface area contributed by atoms with Crippen molar-refractivity contribution in [2.75, 3.05) is 19.7 Å². The molecule has 2 heterocycles. The van der Waals surface area contributed by atoms with Gasteiger partial charge in [0, 0.05) is 32.5 Å². The summed E-state index contributed by atoms with van der Waals surface area (Å²) in [6.45, 7) is 2.39. The Hall–Kier alpha value is -1.10. The Kier molecular flexibility index (Phi) is 6.49. The van der Waals surface area contributed by atoms with Gasteiger partial charge in [-0.3, -0.25) is 9.59 Å². The molecule has 0 unspecified atom stereocenters. The first-order valence-electron chi connectivity index (χ1n) is 8.26. The molecule has 2 rings (SSSR count). The second-order valence-corrected chi connectivity index (χ2v) is 6.31. The molecule has 2 fully saturated rings. The highest BCUT2D eigenvalue weighted by molar-refractivity contribution is 5.76. The van der Waals surface area contributed by atoms with Gasteiger partial charge < -0.3 is 14.7 Å². The van der Waals surface area contributed by atoms with E-state index in [4.69, 9.17) is 9.84 Å². The van der Waals surface area contributed by atoms with Gasteiger partial charge in [0.25, 0.3) is 0 Å². The summed E-state index contributed by atoms with van der Waals surface area (Å²) >= 11 is 0. The average molecular weight is 297 g/mol. The third kappa shape index (κ3) is 5.65. The van der Waals surface area contributed by atoms with Crippen LogP contribution in [0.1, 0.15) is 57.8 Å². The normalized spacial score (nSPS) is 26.6. The molecule has 120 valence electrons. The van der Waals surface area contributed by atoms with E-state index in [1.165, 1.54) is 6.42 Å². The third-order valence-electron chi connectivity index (χ3n) is 4.59. The van der Waals surface area contributed by atoms with Crippen LogP contribution in [0, 0.1) is 5.92 Å². The van der Waals surface area contributed by atoms with Crippen molar-refractivity contribution in [2.45, 2.75) is 63.9 Å². The largest absolute Gasteiger partial charge is 0.481 e. The fraction of sp³-hybridized carbons (Fsp3) is 0.875. The number of hydrogen-bond acceptors (Lipinski definition) is 3. The molecule has 0 aliphatic carbocycles. The lowest BCUT2D eigenvalue weighted by Crippen LogP contribution is -2.40. The Labute approximate surface area is 126 Å². The number of carbonyl (C=O) groups excluding carboxylic acids is 1. The van der Waals surface area contributed by atoms with Gasteiger partial charge in [-0.2, -0.15) is 0 Å². The Balaban J connectivity index is 1.69. The molecule has 0 aromatic carbocycles. The lowest BCUT2D eigenvalue weighted by atomic mass is 9.93. The Bertz CT molecular complexity index is 352. The molecule has 2 aliphatic rings. The van der Waals surface area contributed by atoms with Crippen molar-refractivity contribution in [3.8, 4) is 0 Å². The highest BCUT2D eigenvalue weighted by Gasteiger charge is 2.24. The maximum atomic E-state index is 12.3. The van der Waals surface area contributed by atoms with Crippen LogP contribution in [0.3, 0.4) is 0 Å². The zero-order chi connectivity index (χ0) is 15.1. The van der Waals surface area contributed by atoms with Crippen molar-refractivity contribution in [3.05, 3.63) is 0 Å². The molecule has 0 saturated carbocycles. The molecule has 0 aromatic heterocycles. The number of ether oxygens (including phenoxy) is 1. The molecular weight excluding hydrogens is 270 g/mol. The molecule has 2 atom stereocenters. The Morgan fingerprint density at radius 1 is 1.10 bits per heavy atom. The van der Waals surface area contributed by atoms with E-state index < -0.39 is 5.97 Å². The van der Waals surface area contributed by atoms with Crippen LogP contribution in [0.5, 0.6) is 0 Å². The number of amides is 1. The summed E-state index contributed by atoms with van der Waals surface area (Å²) in [5, 5.41) is 8.75. The van der Waals surface area contributed by atoms with Gasteiger partial charge in [-0.15, -0.1) is 0 Å². The van der Waals surface area contributed by atoms with Crippen LogP contribution in [0.4, 0.5) is 0 Å². The minimum atomic E-state index is -0.743. The number of carboxylic acid groups (broad SMARTS) is 1. The first kappa shape index (κ1) is 16.3. The van der Waals surface area contributed by atoms with Crippen LogP contribution in [0.2, 0.25) is 0 Å². The highest BCUT2D eigenvalue weighted by Crippen LogP contribution is 2.23. The van der Waals surface area contributed by atoms with E-state index in [-0.39, 0.29) is 18.4 Å². The first-order valence-corrected chi connectivity index (χ1v) is 8.26. The number of aliphatic carboxylic acids is 1. The minimum absolute atomic E-state index is 0.211. The zero-order valence-corrected chi connectivity index (χ0v) is 12.8. The smallest absolute Gasteiger partial charge is 0.303 e. The van der Waals surface area contributed by atoms with E-state index in [1.807, 2.05) is 4.90 Å². The summed E-state index contributed by atoms with van der Waals surface area (Å²) in [6, 6.07) is 0. The van der Waals surface area contributed by atoms with E-state index in [9.17, 15) is 9.59 Å². The first-order chi connectivity index (χ1) is 10.1. The molecule has 5 nitrogen and oxygen atoms in total. The maximum Gasteiger partial charge on any atom is 0.303 e. The van der Waals surface area contributed by atoms with Gasteiger partial charge in [0.2, 0.25) is 5.91 Å². The molecule has 2 saturated heterocycles. The number of carboxylic acids is 1. The molecule has 21 heavy (non-hydrogen) atoms. The quantitative estimate of drug-likeness (QED) is 0.817. The van der Waals surface area contributed by atoms with Crippen LogP contribution >= 0.6 is 0 Å². The molecule has 1 N–H and O–H groups in total. The zero-order valence-electron chi connectivity index (χ0n) is 12.8. The van der Waals surface area contributed by atoms with Crippen LogP contribution in [-0.2, 0) is 14.3 Å². The average Bonchev–Trinajstić information content (AvgIpc) is 2.52. The molecule has 5 heteroatoms. The molecule has 0 bridgehead atoms. The van der Waals surface area contributed by atoms with Gasteiger partial charge >= 0.3 is 5.97 Å². The monoisotopic (exact) mass is 297 g/mol. The summed E-state index contributed by atoms with van der Waals surface area (Å²) in [4.78, 5) is 24.8. The summed E-state index contributed by atoms with van der Waals surface area (Å²) in [7, 11) is 0. The molecule has 0 spiro atoms. The number of carbonyl (C=O) groups is 2.